The van der Waals surface area contributed by atoms with E-state index in [4.69, 9.17) is 14.2 Å². The van der Waals surface area contributed by atoms with Crippen molar-refractivity contribution in [2.24, 2.45) is 0 Å². The first-order valence-electron chi connectivity index (χ1n) is 7.64. The summed E-state index contributed by atoms with van der Waals surface area (Å²) in [6.07, 6.45) is -0.0111. The molecule has 0 bridgehead atoms. The largest absolute Gasteiger partial charge is 0.497 e. The number of hydrogen-bond acceptors (Lipinski definition) is 4. The van der Waals surface area contributed by atoms with Crippen molar-refractivity contribution in [3.8, 4) is 11.5 Å². The zero-order valence-corrected chi connectivity index (χ0v) is 13.5. The number of ether oxygens (including phenoxy) is 3. The van der Waals surface area contributed by atoms with E-state index in [-0.39, 0.29) is 18.2 Å². The molecule has 0 aromatic heterocycles. The fourth-order valence-corrected chi connectivity index (χ4v) is 2.91. The summed E-state index contributed by atoms with van der Waals surface area (Å²) in [6.45, 7) is 3.47. The molecule has 4 heteroatoms. The van der Waals surface area contributed by atoms with Crippen molar-refractivity contribution < 1.29 is 19.0 Å². The van der Waals surface area contributed by atoms with E-state index in [1.807, 2.05) is 43.3 Å². The van der Waals surface area contributed by atoms with E-state index in [0.29, 0.717) is 6.42 Å². The lowest BCUT2D eigenvalue weighted by atomic mass is 9.93. The first-order valence-corrected chi connectivity index (χ1v) is 7.64. The van der Waals surface area contributed by atoms with Crippen LogP contribution in [-0.4, -0.2) is 19.2 Å². The molecule has 2 aromatic rings. The highest BCUT2D eigenvalue weighted by molar-refractivity contribution is 5.66. The minimum Gasteiger partial charge on any atom is -0.497 e. The molecule has 2 atom stereocenters. The Kier molecular flexibility index (Phi) is 4.24. The Hall–Kier alpha value is -2.49. The Morgan fingerprint density at radius 3 is 2.57 bits per heavy atom. The topological polar surface area (TPSA) is 44.8 Å². The SMILES string of the molecule is COc1ccc([C@H]2Oc3ccc(C)cc3C[C@H]2OC(C)=O)cc1. The Balaban J connectivity index is 1.94. The van der Waals surface area contributed by atoms with Crippen LogP contribution in [0.4, 0.5) is 0 Å². The molecule has 23 heavy (non-hydrogen) atoms. The Bertz CT molecular complexity index is 706. The molecule has 0 radical (unpaired) electrons. The summed E-state index contributed by atoms with van der Waals surface area (Å²) in [4.78, 5) is 11.5. The Labute approximate surface area is 136 Å². The molecule has 0 saturated heterocycles. The average Bonchev–Trinajstić information content (AvgIpc) is 2.54. The number of rotatable bonds is 3. The van der Waals surface area contributed by atoms with Gasteiger partial charge in [-0.1, -0.05) is 29.8 Å². The van der Waals surface area contributed by atoms with Crippen molar-refractivity contribution in [1.82, 2.24) is 0 Å². The lowest BCUT2D eigenvalue weighted by molar-refractivity contribution is -0.152. The molecule has 0 fully saturated rings. The molecule has 0 aliphatic carbocycles. The van der Waals surface area contributed by atoms with Gasteiger partial charge in [-0.2, -0.15) is 0 Å². The number of esters is 1. The summed E-state index contributed by atoms with van der Waals surface area (Å²) in [5.74, 6) is 1.33. The third-order valence-corrected chi connectivity index (χ3v) is 3.99. The fourth-order valence-electron chi connectivity index (χ4n) is 2.91. The molecule has 0 saturated carbocycles. The first kappa shape index (κ1) is 15.4. The van der Waals surface area contributed by atoms with Gasteiger partial charge in [0, 0.05) is 13.3 Å². The van der Waals surface area contributed by atoms with Gasteiger partial charge in [-0.15, -0.1) is 0 Å². The number of aryl methyl sites for hydroxylation is 1. The number of hydrogen-bond donors (Lipinski definition) is 0. The van der Waals surface area contributed by atoms with Crippen molar-refractivity contribution in [1.29, 1.82) is 0 Å². The smallest absolute Gasteiger partial charge is 0.303 e. The molecule has 2 aromatic carbocycles. The maximum Gasteiger partial charge on any atom is 0.303 e. The Morgan fingerprint density at radius 1 is 1.17 bits per heavy atom. The molecule has 1 heterocycles. The zero-order valence-electron chi connectivity index (χ0n) is 13.5. The lowest BCUT2D eigenvalue weighted by Crippen LogP contribution is -2.34. The summed E-state index contributed by atoms with van der Waals surface area (Å²) in [7, 11) is 1.63. The van der Waals surface area contributed by atoms with Crippen LogP contribution in [0, 0.1) is 6.92 Å². The minimum absolute atomic E-state index is 0.298. The summed E-state index contributed by atoms with van der Waals surface area (Å²) in [5, 5.41) is 0. The van der Waals surface area contributed by atoms with Gasteiger partial charge in [0.2, 0.25) is 0 Å². The molecule has 0 N–H and O–H groups in total. The minimum atomic E-state index is -0.338. The quantitative estimate of drug-likeness (QED) is 0.812. The van der Waals surface area contributed by atoms with Gasteiger partial charge < -0.3 is 14.2 Å². The molecule has 3 rings (SSSR count). The number of carbonyl (C=O) groups is 1. The highest BCUT2D eigenvalue weighted by Gasteiger charge is 2.33. The predicted molar refractivity (Wildman–Crippen MR) is 86.8 cm³/mol. The van der Waals surface area contributed by atoms with Crippen LogP contribution < -0.4 is 9.47 Å². The molecular formula is C19H20O4. The van der Waals surface area contributed by atoms with Gasteiger partial charge in [-0.25, -0.2) is 0 Å². The van der Waals surface area contributed by atoms with E-state index in [2.05, 4.69) is 6.07 Å². The summed E-state index contributed by atoms with van der Waals surface area (Å²) in [6, 6.07) is 13.7. The molecule has 0 spiro atoms. The monoisotopic (exact) mass is 312 g/mol. The van der Waals surface area contributed by atoms with Gasteiger partial charge >= 0.3 is 5.97 Å². The van der Waals surface area contributed by atoms with Gasteiger partial charge in [0.15, 0.2) is 6.10 Å². The van der Waals surface area contributed by atoms with E-state index < -0.39 is 0 Å². The van der Waals surface area contributed by atoms with E-state index >= 15 is 0 Å². The van der Waals surface area contributed by atoms with Crippen molar-refractivity contribution in [2.75, 3.05) is 7.11 Å². The van der Waals surface area contributed by atoms with E-state index in [0.717, 1.165) is 28.2 Å². The zero-order chi connectivity index (χ0) is 16.4. The highest BCUT2D eigenvalue weighted by atomic mass is 16.6. The Morgan fingerprint density at radius 2 is 1.91 bits per heavy atom. The van der Waals surface area contributed by atoms with Gasteiger partial charge in [0.05, 0.1) is 7.11 Å². The first-order chi connectivity index (χ1) is 11.1. The van der Waals surface area contributed by atoms with Gasteiger partial charge in [-0.3, -0.25) is 4.79 Å². The van der Waals surface area contributed by atoms with Crippen LogP contribution in [0.3, 0.4) is 0 Å². The molecule has 1 aliphatic heterocycles. The summed E-state index contributed by atoms with van der Waals surface area (Å²) < 4.78 is 16.8. The lowest BCUT2D eigenvalue weighted by Gasteiger charge is -2.33. The standard InChI is InChI=1S/C19H20O4/c1-12-4-9-17-15(10-12)11-18(22-13(2)20)19(23-17)14-5-7-16(21-3)8-6-14/h4-10,18-19H,11H2,1-3H3/t18-,19-/m1/s1. The molecule has 0 unspecified atom stereocenters. The van der Waals surface area contributed by atoms with Crippen molar-refractivity contribution in [3.05, 3.63) is 59.2 Å². The highest BCUT2D eigenvalue weighted by Crippen LogP contribution is 2.37. The van der Waals surface area contributed by atoms with Gasteiger partial charge in [0.25, 0.3) is 0 Å². The second-order valence-electron chi connectivity index (χ2n) is 5.77. The number of fused-ring (bicyclic) bond motifs is 1. The summed E-state index contributed by atoms with van der Waals surface area (Å²) >= 11 is 0. The van der Waals surface area contributed by atoms with Crippen molar-refractivity contribution in [2.45, 2.75) is 32.5 Å². The van der Waals surface area contributed by atoms with Gasteiger partial charge in [0.1, 0.15) is 17.6 Å². The second kappa shape index (κ2) is 6.32. The normalized spacial score (nSPS) is 19.4. The second-order valence-corrected chi connectivity index (χ2v) is 5.77. The van der Waals surface area contributed by atoms with E-state index in [9.17, 15) is 4.79 Å². The molecule has 4 nitrogen and oxygen atoms in total. The van der Waals surface area contributed by atoms with Crippen LogP contribution in [0.15, 0.2) is 42.5 Å². The van der Waals surface area contributed by atoms with Crippen LogP contribution >= 0.6 is 0 Å². The van der Waals surface area contributed by atoms with Crippen LogP contribution in [-0.2, 0) is 16.0 Å². The maximum absolute atomic E-state index is 11.5. The molecular weight excluding hydrogens is 292 g/mol. The predicted octanol–water partition coefficient (Wildman–Crippen LogP) is 3.61. The number of carbonyl (C=O) groups excluding carboxylic acids is 1. The average molecular weight is 312 g/mol. The fraction of sp³-hybridized carbons (Fsp3) is 0.316. The molecule has 0 amide bonds. The van der Waals surface area contributed by atoms with Gasteiger partial charge in [-0.05, 0) is 36.2 Å². The van der Waals surface area contributed by atoms with Crippen LogP contribution in [0.25, 0.3) is 0 Å². The van der Waals surface area contributed by atoms with E-state index in [1.54, 1.807) is 7.11 Å². The molecule has 120 valence electrons. The number of methoxy groups -OCH3 is 1. The third-order valence-electron chi connectivity index (χ3n) is 3.99. The summed E-state index contributed by atoms with van der Waals surface area (Å²) in [5.41, 5.74) is 3.20. The molecule has 1 aliphatic rings. The number of benzene rings is 2. The van der Waals surface area contributed by atoms with Crippen LogP contribution in [0.1, 0.15) is 29.7 Å². The third kappa shape index (κ3) is 3.31. The van der Waals surface area contributed by atoms with Crippen LogP contribution in [0.2, 0.25) is 0 Å². The maximum atomic E-state index is 11.5. The van der Waals surface area contributed by atoms with Crippen molar-refractivity contribution >= 4 is 5.97 Å². The van der Waals surface area contributed by atoms with Crippen molar-refractivity contribution in [3.63, 3.8) is 0 Å². The van der Waals surface area contributed by atoms with E-state index in [1.165, 1.54) is 6.92 Å². The van der Waals surface area contributed by atoms with Crippen LogP contribution in [0.5, 0.6) is 11.5 Å².